The first-order chi connectivity index (χ1) is 12.5. The van der Waals surface area contributed by atoms with E-state index >= 15 is 0 Å². The number of carbonyl (C=O) groups is 1. The maximum Gasteiger partial charge on any atom is 0.255 e. The normalized spacial score (nSPS) is 12.2. The number of carbonyl (C=O) groups excluding carboxylic acids is 1. The van der Waals surface area contributed by atoms with E-state index in [1.54, 1.807) is 0 Å². The molecule has 1 N–H and O–H groups in total. The minimum atomic E-state index is -0.0677. The number of anilines is 1. The third kappa shape index (κ3) is 4.39. The SMILES string of the molecule is CC(C)(C)c1cc(C(=O)Nc2ccc3ccccc3c2)cc(C(C)(C)C)c1. The van der Waals surface area contributed by atoms with Crippen molar-refractivity contribution in [2.24, 2.45) is 0 Å². The molecule has 0 unspecified atom stereocenters. The maximum atomic E-state index is 13.0. The maximum absolute atomic E-state index is 13.0. The fourth-order valence-corrected chi connectivity index (χ4v) is 3.10. The van der Waals surface area contributed by atoms with Gasteiger partial charge in [-0.25, -0.2) is 0 Å². The molecule has 0 spiro atoms. The summed E-state index contributed by atoms with van der Waals surface area (Å²) in [7, 11) is 0. The van der Waals surface area contributed by atoms with Crippen molar-refractivity contribution in [1.29, 1.82) is 0 Å². The second kappa shape index (κ2) is 6.84. The highest BCUT2D eigenvalue weighted by molar-refractivity contribution is 6.05. The molecular weight excluding hydrogens is 330 g/mol. The van der Waals surface area contributed by atoms with Crippen molar-refractivity contribution in [2.75, 3.05) is 5.32 Å². The van der Waals surface area contributed by atoms with E-state index in [0.29, 0.717) is 5.56 Å². The van der Waals surface area contributed by atoms with Crippen LogP contribution in [0.2, 0.25) is 0 Å². The molecule has 0 aliphatic carbocycles. The van der Waals surface area contributed by atoms with Crippen molar-refractivity contribution >= 4 is 22.4 Å². The van der Waals surface area contributed by atoms with Crippen LogP contribution in [0.1, 0.15) is 63.0 Å². The molecule has 0 aliphatic rings. The molecule has 0 saturated heterocycles. The van der Waals surface area contributed by atoms with Crippen LogP contribution in [0.15, 0.2) is 60.7 Å². The molecule has 0 heterocycles. The van der Waals surface area contributed by atoms with Crippen LogP contribution in [0.25, 0.3) is 10.8 Å². The summed E-state index contributed by atoms with van der Waals surface area (Å²) in [4.78, 5) is 13.0. The van der Waals surface area contributed by atoms with Crippen LogP contribution >= 0.6 is 0 Å². The van der Waals surface area contributed by atoms with E-state index in [1.807, 2.05) is 42.5 Å². The van der Waals surface area contributed by atoms with Crippen molar-refractivity contribution in [2.45, 2.75) is 52.4 Å². The molecule has 0 saturated carbocycles. The van der Waals surface area contributed by atoms with Crippen molar-refractivity contribution in [3.63, 3.8) is 0 Å². The van der Waals surface area contributed by atoms with Crippen molar-refractivity contribution in [3.05, 3.63) is 77.4 Å². The molecule has 2 heteroatoms. The van der Waals surface area contributed by atoms with E-state index < -0.39 is 0 Å². The highest BCUT2D eigenvalue weighted by Gasteiger charge is 2.22. The number of hydrogen-bond donors (Lipinski definition) is 1. The lowest BCUT2D eigenvalue weighted by atomic mass is 9.79. The van der Waals surface area contributed by atoms with E-state index in [0.717, 1.165) is 11.1 Å². The third-order valence-corrected chi connectivity index (χ3v) is 4.93. The van der Waals surface area contributed by atoms with E-state index in [-0.39, 0.29) is 16.7 Å². The Labute approximate surface area is 162 Å². The van der Waals surface area contributed by atoms with Gasteiger partial charge in [0.25, 0.3) is 5.91 Å². The Morgan fingerprint density at radius 2 is 1.26 bits per heavy atom. The molecule has 0 fully saturated rings. The zero-order valence-corrected chi connectivity index (χ0v) is 17.2. The predicted octanol–water partition coefficient (Wildman–Crippen LogP) is 6.69. The summed E-state index contributed by atoms with van der Waals surface area (Å²) in [6.45, 7) is 13.1. The number of nitrogens with one attached hydrogen (secondary N) is 1. The van der Waals surface area contributed by atoms with Gasteiger partial charge in [-0.05, 0) is 57.0 Å². The summed E-state index contributed by atoms with van der Waals surface area (Å²) >= 11 is 0. The molecule has 3 aromatic carbocycles. The summed E-state index contributed by atoms with van der Waals surface area (Å²) in [5, 5.41) is 5.36. The molecule has 27 heavy (non-hydrogen) atoms. The molecule has 0 bridgehead atoms. The summed E-state index contributed by atoms with van der Waals surface area (Å²) in [5.41, 5.74) is 3.85. The Kier molecular flexibility index (Phi) is 4.86. The van der Waals surface area contributed by atoms with Crippen LogP contribution in [0, 0.1) is 0 Å². The molecule has 2 nitrogen and oxygen atoms in total. The Morgan fingerprint density at radius 1 is 0.704 bits per heavy atom. The van der Waals surface area contributed by atoms with Crippen molar-refractivity contribution in [3.8, 4) is 0 Å². The standard InChI is InChI=1S/C25H29NO/c1-24(2,3)20-13-19(14-21(16-20)25(4,5)6)23(27)26-22-12-11-17-9-7-8-10-18(17)15-22/h7-16H,1-6H3,(H,26,27). The number of rotatable bonds is 2. The molecule has 0 aromatic heterocycles. The van der Waals surface area contributed by atoms with E-state index in [9.17, 15) is 4.79 Å². The molecular formula is C25H29NO. The third-order valence-electron chi connectivity index (χ3n) is 4.93. The molecule has 3 aromatic rings. The van der Waals surface area contributed by atoms with Gasteiger partial charge in [0, 0.05) is 11.3 Å². The second-order valence-corrected chi connectivity index (χ2v) is 9.32. The van der Waals surface area contributed by atoms with Gasteiger partial charge < -0.3 is 5.32 Å². The van der Waals surface area contributed by atoms with Gasteiger partial charge in [0.15, 0.2) is 0 Å². The fraction of sp³-hybridized carbons (Fsp3) is 0.320. The summed E-state index contributed by atoms with van der Waals surface area (Å²) in [6.07, 6.45) is 0. The minimum absolute atomic E-state index is 0.0146. The Bertz CT molecular complexity index is 955. The van der Waals surface area contributed by atoms with Gasteiger partial charge in [0.2, 0.25) is 0 Å². The minimum Gasteiger partial charge on any atom is -0.322 e. The van der Waals surface area contributed by atoms with E-state index in [1.165, 1.54) is 16.5 Å². The monoisotopic (exact) mass is 359 g/mol. The zero-order chi connectivity index (χ0) is 19.8. The van der Waals surface area contributed by atoms with Crippen LogP contribution in [0.5, 0.6) is 0 Å². The van der Waals surface area contributed by atoms with Crippen LogP contribution in [-0.4, -0.2) is 5.91 Å². The zero-order valence-electron chi connectivity index (χ0n) is 17.2. The van der Waals surface area contributed by atoms with Gasteiger partial charge in [0.1, 0.15) is 0 Å². The Morgan fingerprint density at radius 3 is 1.81 bits per heavy atom. The van der Waals surface area contributed by atoms with Gasteiger partial charge >= 0.3 is 0 Å². The summed E-state index contributed by atoms with van der Waals surface area (Å²) in [5.74, 6) is -0.0677. The molecule has 3 rings (SSSR count). The predicted molar refractivity (Wildman–Crippen MR) is 116 cm³/mol. The average Bonchev–Trinajstić information content (AvgIpc) is 2.59. The van der Waals surface area contributed by atoms with Crippen molar-refractivity contribution in [1.82, 2.24) is 0 Å². The largest absolute Gasteiger partial charge is 0.322 e. The van der Waals surface area contributed by atoms with Crippen LogP contribution in [0.3, 0.4) is 0 Å². The Hall–Kier alpha value is -2.61. The molecule has 0 atom stereocenters. The lowest BCUT2D eigenvalue weighted by Crippen LogP contribution is -2.20. The van der Waals surface area contributed by atoms with Crippen molar-refractivity contribution < 1.29 is 4.79 Å². The van der Waals surface area contributed by atoms with Gasteiger partial charge in [-0.2, -0.15) is 0 Å². The second-order valence-electron chi connectivity index (χ2n) is 9.32. The highest BCUT2D eigenvalue weighted by Crippen LogP contribution is 2.30. The summed E-state index contributed by atoms with van der Waals surface area (Å²) < 4.78 is 0. The van der Waals surface area contributed by atoms with E-state index in [2.05, 4.69) is 65.1 Å². The molecule has 140 valence electrons. The average molecular weight is 360 g/mol. The number of benzene rings is 3. The lowest BCUT2D eigenvalue weighted by molar-refractivity contribution is 0.102. The van der Waals surface area contributed by atoms with E-state index in [4.69, 9.17) is 0 Å². The molecule has 0 aliphatic heterocycles. The topological polar surface area (TPSA) is 29.1 Å². The first-order valence-corrected chi connectivity index (χ1v) is 9.50. The number of hydrogen-bond acceptors (Lipinski definition) is 1. The first-order valence-electron chi connectivity index (χ1n) is 9.50. The van der Waals surface area contributed by atoms with Crippen LogP contribution in [-0.2, 0) is 10.8 Å². The van der Waals surface area contributed by atoms with Crippen LogP contribution < -0.4 is 5.32 Å². The number of fused-ring (bicyclic) bond motifs is 1. The fourth-order valence-electron chi connectivity index (χ4n) is 3.10. The van der Waals surface area contributed by atoms with Gasteiger partial charge in [-0.3, -0.25) is 4.79 Å². The van der Waals surface area contributed by atoms with Gasteiger partial charge in [-0.15, -0.1) is 0 Å². The molecule has 0 radical (unpaired) electrons. The highest BCUT2D eigenvalue weighted by atomic mass is 16.1. The molecule has 1 amide bonds. The first kappa shape index (κ1) is 19.2. The van der Waals surface area contributed by atoms with Gasteiger partial charge in [-0.1, -0.05) is 77.9 Å². The summed E-state index contributed by atoms with van der Waals surface area (Å²) in [6, 6.07) is 20.4. The smallest absolute Gasteiger partial charge is 0.255 e. The lowest BCUT2D eigenvalue weighted by Gasteiger charge is -2.26. The van der Waals surface area contributed by atoms with Gasteiger partial charge in [0.05, 0.1) is 0 Å². The number of amides is 1. The van der Waals surface area contributed by atoms with Crippen LogP contribution in [0.4, 0.5) is 5.69 Å². The Balaban J connectivity index is 1.97. The quantitative estimate of drug-likeness (QED) is 0.543.